The summed E-state index contributed by atoms with van der Waals surface area (Å²) in [4.78, 5) is 27.2. The number of aromatic nitrogens is 1. The van der Waals surface area contributed by atoms with Crippen molar-refractivity contribution in [2.75, 3.05) is 0 Å². The van der Waals surface area contributed by atoms with Crippen molar-refractivity contribution in [3.8, 4) is 0 Å². The highest BCUT2D eigenvalue weighted by Crippen LogP contribution is 2.42. The SMILES string of the molecule is O=C(O)CC1(CC(=O)NCc2nccs2)CCCCC1. The second-order valence-corrected chi connectivity index (χ2v) is 6.49. The van der Waals surface area contributed by atoms with Gasteiger partial charge >= 0.3 is 5.97 Å². The van der Waals surface area contributed by atoms with E-state index in [1.165, 1.54) is 11.3 Å². The van der Waals surface area contributed by atoms with E-state index in [4.69, 9.17) is 5.11 Å². The summed E-state index contributed by atoms with van der Waals surface area (Å²) in [7, 11) is 0. The van der Waals surface area contributed by atoms with Crippen molar-refractivity contribution in [3.05, 3.63) is 16.6 Å². The molecule has 110 valence electrons. The largest absolute Gasteiger partial charge is 0.481 e. The average molecular weight is 296 g/mol. The lowest BCUT2D eigenvalue weighted by atomic mass is 9.69. The Bertz CT molecular complexity index is 453. The van der Waals surface area contributed by atoms with E-state index < -0.39 is 5.97 Å². The Morgan fingerprint density at radius 1 is 1.30 bits per heavy atom. The molecule has 1 fully saturated rings. The second-order valence-electron chi connectivity index (χ2n) is 5.51. The van der Waals surface area contributed by atoms with E-state index >= 15 is 0 Å². The summed E-state index contributed by atoms with van der Waals surface area (Å²) >= 11 is 1.50. The van der Waals surface area contributed by atoms with Crippen molar-refractivity contribution in [2.24, 2.45) is 5.41 Å². The van der Waals surface area contributed by atoms with Crippen molar-refractivity contribution in [1.29, 1.82) is 0 Å². The van der Waals surface area contributed by atoms with Gasteiger partial charge in [-0.3, -0.25) is 9.59 Å². The van der Waals surface area contributed by atoms with Crippen molar-refractivity contribution < 1.29 is 14.7 Å². The number of aliphatic carboxylic acids is 1. The summed E-state index contributed by atoms with van der Waals surface area (Å²) in [6.45, 7) is 0.430. The first kappa shape index (κ1) is 15.0. The Balaban J connectivity index is 1.89. The molecule has 20 heavy (non-hydrogen) atoms. The monoisotopic (exact) mass is 296 g/mol. The van der Waals surface area contributed by atoms with Crippen LogP contribution >= 0.6 is 11.3 Å². The summed E-state index contributed by atoms with van der Waals surface area (Å²) in [5, 5.41) is 14.7. The molecule has 1 aromatic rings. The normalized spacial score (nSPS) is 17.6. The third kappa shape index (κ3) is 4.30. The van der Waals surface area contributed by atoms with Crippen LogP contribution in [-0.4, -0.2) is 22.0 Å². The molecule has 0 saturated heterocycles. The highest BCUT2D eigenvalue weighted by Gasteiger charge is 2.36. The number of thiazole rings is 1. The number of carbonyl (C=O) groups excluding carboxylic acids is 1. The van der Waals surface area contributed by atoms with Gasteiger partial charge in [-0.15, -0.1) is 11.3 Å². The Kier molecular flexibility index (Phi) is 5.11. The topological polar surface area (TPSA) is 79.3 Å². The second kappa shape index (κ2) is 6.83. The molecular formula is C14H20N2O3S. The molecule has 2 rings (SSSR count). The van der Waals surface area contributed by atoms with Crippen LogP contribution in [0.15, 0.2) is 11.6 Å². The number of carboxylic acids is 1. The van der Waals surface area contributed by atoms with Gasteiger partial charge in [0.1, 0.15) is 5.01 Å². The summed E-state index contributed by atoms with van der Waals surface area (Å²) in [5.41, 5.74) is -0.350. The smallest absolute Gasteiger partial charge is 0.303 e. The third-order valence-corrected chi connectivity index (χ3v) is 4.68. The van der Waals surface area contributed by atoms with Crippen molar-refractivity contribution in [2.45, 2.75) is 51.5 Å². The number of carbonyl (C=O) groups is 2. The number of hydrogen-bond acceptors (Lipinski definition) is 4. The fourth-order valence-electron chi connectivity index (χ4n) is 2.96. The summed E-state index contributed by atoms with van der Waals surface area (Å²) in [6, 6.07) is 0. The van der Waals surface area contributed by atoms with Gasteiger partial charge < -0.3 is 10.4 Å². The summed E-state index contributed by atoms with van der Waals surface area (Å²) in [6.07, 6.45) is 6.97. The van der Waals surface area contributed by atoms with Crippen LogP contribution in [0.4, 0.5) is 0 Å². The number of amides is 1. The van der Waals surface area contributed by atoms with Gasteiger partial charge in [-0.05, 0) is 18.3 Å². The van der Waals surface area contributed by atoms with E-state index in [-0.39, 0.29) is 17.7 Å². The van der Waals surface area contributed by atoms with Crippen LogP contribution in [0, 0.1) is 5.41 Å². The molecule has 5 nitrogen and oxygen atoms in total. The molecule has 1 aromatic heterocycles. The van der Waals surface area contributed by atoms with E-state index in [0.29, 0.717) is 13.0 Å². The predicted molar refractivity (Wildman–Crippen MR) is 76.3 cm³/mol. The minimum Gasteiger partial charge on any atom is -0.481 e. The van der Waals surface area contributed by atoms with Gasteiger partial charge in [-0.25, -0.2) is 4.98 Å². The fourth-order valence-corrected chi connectivity index (χ4v) is 3.51. The molecule has 1 aliphatic carbocycles. The molecule has 0 unspecified atom stereocenters. The van der Waals surface area contributed by atoms with E-state index in [1.54, 1.807) is 6.20 Å². The number of hydrogen-bond donors (Lipinski definition) is 2. The molecule has 0 aromatic carbocycles. The minimum atomic E-state index is -0.806. The van der Waals surface area contributed by atoms with Gasteiger partial charge in [0.05, 0.1) is 13.0 Å². The predicted octanol–water partition coefficient (Wildman–Crippen LogP) is 2.57. The van der Waals surface area contributed by atoms with Gasteiger partial charge in [0, 0.05) is 18.0 Å². The standard InChI is InChI=1S/C14H20N2O3S/c17-11(16-10-12-15-6-7-20-12)8-14(9-13(18)19)4-2-1-3-5-14/h6-7H,1-5,8-10H2,(H,16,17)(H,18,19). The molecule has 1 heterocycles. The maximum atomic E-state index is 12.1. The van der Waals surface area contributed by atoms with Crippen LogP contribution in [-0.2, 0) is 16.1 Å². The molecule has 0 spiro atoms. The van der Waals surface area contributed by atoms with Crippen molar-refractivity contribution in [3.63, 3.8) is 0 Å². The van der Waals surface area contributed by atoms with Gasteiger partial charge in [-0.2, -0.15) is 0 Å². The highest BCUT2D eigenvalue weighted by atomic mass is 32.1. The van der Waals surface area contributed by atoms with E-state index in [9.17, 15) is 9.59 Å². The zero-order valence-corrected chi connectivity index (χ0v) is 12.2. The first-order chi connectivity index (χ1) is 9.60. The van der Waals surface area contributed by atoms with Crippen LogP contribution in [0.1, 0.15) is 50.0 Å². The molecule has 1 saturated carbocycles. The van der Waals surface area contributed by atoms with E-state index in [2.05, 4.69) is 10.3 Å². The zero-order valence-electron chi connectivity index (χ0n) is 11.4. The molecule has 0 aliphatic heterocycles. The fraction of sp³-hybridized carbons (Fsp3) is 0.643. The first-order valence-electron chi connectivity index (χ1n) is 6.97. The van der Waals surface area contributed by atoms with E-state index in [1.807, 2.05) is 5.38 Å². The quantitative estimate of drug-likeness (QED) is 0.845. The summed E-state index contributed by atoms with van der Waals surface area (Å²) < 4.78 is 0. The lowest BCUT2D eigenvalue weighted by Crippen LogP contribution is -2.35. The average Bonchev–Trinajstić information content (AvgIpc) is 2.89. The maximum absolute atomic E-state index is 12.1. The Morgan fingerprint density at radius 2 is 2.05 bits per heavy atom. The molecule has 0 atom stereocenters. The summed E-state index contributed by atoms with van der Waals surface area (Å²) in [5.74, 6) is -0.872. The molecule has 0 bridgehead atoms. The Hall–Kier alpha value is -1.43. The Labute approximate surface area is 122 Å². The highest BCUT2D eigenvalue weighted by molar-refractivity contribution is 7.09. The zero-order chi connectivity index (χ0) is 14.4. The molecular weight excluding hydrogens is 276 g/mol. The number of nitrogens with one attached hydrogen (secondary N) is 1. The van der Waals surface area contributed by atoms with Crippen LogP contribution in [0.5, 0.6) is 0 Å². The minimum absolute atomic E-state index is 0.0663. The van der Waals surface area contributed by atoms with Gasteiger partial charge in [0.2, 0.25) is 5.91 Å². The maximum Gasteiger partial charge on any atom is 0.303 e. The number of nitrogens with zero attached hydrogens (tertiary/aromatic N) is 1. The van der Waals surface area contributed by atoms with Crippen LogP contribution in [0.2, 0.25) is 0 Å². The van der Waals surface area contributed by atoms with Crippen LogP contribution < -0.4 is 5.32 Å². The lowest BCUT2D eigenvalue weighted by Gasteiger charge is -2.35. The van der Waals surface area contributed by atoms with Crippen molar-refractivity contribution in [1.82, 2.24) is 10.3 Å². The lowest BCUT2D eigenvalue weighted by molar-refractivity contribution is -0.141. The molecule has 6 heteroatoms. The first-order valence-corrected chi connectivity index (χ1v) is 7.84. The van der Waals surface area contributed by atoms with Gasteiger partial charge in [0.15, 0.2) is 0 Å². The molecule has 1 aliphatic rings. The molecule has 2 N–H and O–H groups in total. The molecule has 1 amide bonds. The molecule has 0 radical (unpaired) electrons. The van der Waals surface area contributed by atoms with Crippen LogP contribution in [0.3, 0.4) is 0 Å². The Morgan fingerprint density at radius 3 is 2.65 bits per heavy atom. The van der Waals surface area contributed by atoms with Crippen molar-refractivity contribution >= 4 is 23.2 Å². The third-order valence-electron chi connectivity index (χ3n) is 3.90. The number of rotatable bonds is 6. The van der Waals surface area contributed by atoms with Gasteiger partial charge in [-0.1, -0.05) is 19.3 Å². The van der Waals surface area contributed by atoms with E-state index in [0.717, 1.165) is 37.1 Å². The van der Waals surface area contributed by atoms with Crippen LogP contribution in [0.25, 0.3) is 0 Å². The number of carboxylic acid groups (broad SMARTS) is 1. The van der Waals surface area contributed by atoms with Gasteiger partial charge in [0.25, 0.3) is 0 Å².